The number of halogens is 2. The molecule has 0 aliphatic rings. The summed E-state index contributed by atoms with van der Waals surface area (Å²) >= 11 is 14.1. The second-order valence-electron chi connectivity index (χ2n) is 5.49. The van der Waals surface area contributed by atoms with Crippen LogP contribution in [0.2, 0.25) is 5.02 Å². The van der Waals surface area contributed by atoms with E-state index in [1.165, 1.54) is 0 Å². The third-order valence-electron chi connectivity index (χ3n) is 3.25. The summed E-state index contributed by atoms with van der Waals surface area (Å²) in [5.41, 5.74) is 5.71. The van der Waals surface area contributed by atoms with Crippen molar-refractivity contribution in [3.63, 3.8) is 0 Å². The zero-order valence-electron chi connectivity index (χ0n) is 14.8. The fourth-order valence-corrected chi connectivity index (χ4v) is 2.43. The van der Waals surface area contributed by atoms with Crippen LogP contribution in [0, 0.1) is 6.92 Å². The van der Waals surface area contributed by atoms with E-state index in [9.17, 15) is 9.59 Å². The van der Waals surface area contributed by atoms with Gasteiger partial charge in [0, 0.05) is 9.50 Å². The molecule has 0 aromatic heterocycles. The first kappa shape index (κ1) is 21.9. The number of nitrogens with one attached hydrogen (secondary N) is 3. The van der Waals surface area contributed by atoms with Crippen molar-refractivity contribution in [1.29, 1.82) is 0 Å². The zero-order valence-corrected chi connectivity index (χ0v) is 17.9. The van der Waals surface area contributed by atoms with Crippen LogP contribution >= 0.6 is 39.7 Å². The van der Waals surface area contributed by atoms with E-state index in [0.29, 0.717) is 16.5 Å². The first-order chi connectivity index (χ1) is 13.3. The molecule has 2 rings (SSSR count). The number of thiocarbonyl (C=S) groups is 1. The van der Waals surface area contributed by atoms with E-state index in [4.69, 9.17) is 33.3 Å². The Bertz CT molecular complexity index is 864. The van der Waals surface area contributed by atoms with Gasteiger partial charge in [0.1, 0.15) is 11.5 Å². The van der Waals surface area contributed by atoms with Gasteiger partial charge in [-0.05, 0) is 67.2 Å². The van der Waals surface area contributed by atoms with Gasteiger partial charge in [-0.25, -0.2) is 0 Å². The minimum absolute atomic E-state index is 0.0690. The molecule has 148 valence electrons. The summed E-state index contributed by atoms with van der Waals surface area (Å²) in [5.74, 6) is 0.107. The Morgan fingerprint density at radius 3 is 2.29 bits per heavy atom. The molecule has 0 heterocycles. The fourth-order valence-electron chi connectivity index (χ4n) is 1.89. The van der Waals surface area contributed by atoms with Crippen LogP contribution in [0.15, 0.2) is 46.9 Å². The van der Waals surface area contributed by atoms with Crippen LogP contribution in [0.3, 0.4) is 0 Å². The lowest BCUT2D eigenvalue weighted by Crippen LogP contribution is -2.50. The molecule has 10 heteroatoms. The van der Waals surface area contributed by atoms with Gasteiger partial charge < -0.3 is 9.47 Å². The highest BCUT2D eigenvalue weighted by atomic mass is 79.9. The molecule has 3 N–H and O–H groups in total. The van der Waals surface area contributed by atoms with Crippen LogP contribution < -0.4 is 25.6 Å². The van der Waals surface area contributed by atoms with Crippen LogP contribution in [-0.4, -0.2) is 30.1 Å². The summed E-state index contributed by atoms with van der Waals surface area (Å²) < 4.78 is 11.6. The Hall–Kier alpha value is -2.36. The lowest BCUT2D eigenvalue weighted by Gasteiger charge is -2.12. The number of benzene rings is 2. The van der Waals surface area contributed by atoms with Crippen molar-refractivity contribution >= 4 is 56.7 Å². The Labute approximate surface area is 180 Å². The molecule has 0 aliphatic carbocycles. The van der Waals surface area contributed by atoms with Crippen molar-refractivity contribution in [1.82, 2.24) is 16.2 Å². The summed E-state index contributed by atoms with van der Waals surface area (Å²) in [5, 5.41) is 2.89. The Morgan fingerprint density at radius 1 is 1.00 bits per heavy atom. The summed E-state index contributed by atoms with van der Waals surface area (Å²) in [6.45, 7) is 1.45. The normalized spacial score (nSPS) is 9.96. The molecule has 2 amide bonds. The predicted molar refractivity (Wildman–Crippen MR) is 113 cm³/mol. The number of aryl methyl sites for hydroxylation is 1. The highest BCUT2D eigenvalue weighted by Crippen LogP contribution is 2.21. The van der Waals surface area contributed by atoms with Gasteiger partial charge in [-0.1, -0.05) is 27.5 Å². The van der Waals surface area contributed by atoms with Gasteiger partial charge >= 0.3 is 0 Å². The smallest absolute Gasteiger partial charge is 0.276 e. The molecule has 0 atom stereocenters. The molecule has 0 radical (unpaired) electrons. The Morgan fingerprint density at radius 2 is 1.61 bits per heavy atom. The average Bonchev–Trinajstić information content (AvgIpc) is 2.67. The maximum Gasteiger partial charge on any atom is 0.276 e. The lowest BCUT2D eigenvalue weighted by molar-refractivity contribution is -0.124. The van der Waals surface area contributed by atoms with Crippen LogP contribution in [-0.2, 0) is 9.59 Å². The quantitative estimate of drug-likeness (QED) is 0.430. The van der Waals surface area contributed by atoms with E-state index >= 15 is 0 Å². The van der Waals surface area contributed by atoms with E-state index in [1.807, 2.05) is 13.0 Å². The lowest BCUT2D eigenvalue weighted by atomic mass is 10.2. The number of hydrazine groups is 1. The van der Waals surface area contributed by atoms with Crippen molar-refractivity contribution in [3.8, 4) is 11.5 Å². The summed E-state index contributed by atoms with van der Waals surface area (Å²) in [7, 11) is 0. The van der Waals surface area contributed by atoms with Gasteiger partial charge in [0.05, 0.1) is 0 Å². The van der Waals surface area contributed by atoms with Gasteiger partial charge in [-0.15, -0.1) is 0 Å². The molecule has 7 nitrogen and oxygen atoms in total. The summed E-state index contributed by atoms with van der Waals surface area (Å²) in [4.78, 5) is 23.6. The molecule has 0 unspecified atom stereocenters. The molecule has 2 aromatic rings. The van der Waals surface area contributed by atoms with Crippen LogP contribution in [0.1, 0.15) is 5.56 Å². The Kier molecular flexibility index (Phi) is 8.49. The van der Waals surface area contributed by atoms with Crippen molar-refractivity contribution in [2.24, 2.45) is 0 Å². The molecule has 28 heavy (non-hydrogen) atoms. The SMILES string of the molecule is Cc1cc(OCC(=O)NC(=S)NNC(=O)COc2ccc(Cl)cc2)ccc1Br. The number of carbonyl (C=O) groups is 2. The van der Waals surface area contributed by atoms with Crippen LogP contribution in [0.5, 0.6) is 11.5 Å². The molecular formula is C18H17BrClN3O4S. The summed E-state index contributed by atoms with van der Waals surface area (Å²) in [6.07, 6.45) is 0. The Balaban J connectivity index is 1.65. The number of hydrogen-bond donors (Lipinski definition) is 3. The highest BCUT2D eigenvalue weighted by molar-refractivity contribution is 9.10. The zero-order chi connectivity index (χ0) is 20.5. The van der Waals surface area contributed by atoms with Gasteiger partial charge in [0.2, 0.25) is 0 Å². The minimum Gasteiger partial charge on any atom is -0.484 e. The average molecular weight is 487 g/mol. The molecule has 0 aliphatic heterocycles. The predicted octanol–water partition coefficient (Wildman–Crippen LogP) is 2.89. The number of hydrogen-bond acceptors (Lipinski definition) is 5. The topological polar surface area (TPSA) is 88.7 Å². The maximum atomic E-state index is 11.8. The van der Waals surface area contributed by atoms with Crippen molar-refractivity contribution < 1.29 is 19.1 Å². The van der Waals surface area contributed by atoms with E-state index in [1.54, 1.807) is 36.4 Å². The van der Waals surface area contributed by atoms with E-state index in [0.717, 1.165) is 10.0 Å². The third kappa shape index (κ3) is 7.71. The monoisotopic (exact) mass is 485 g/mol. The molecule has 2 aromatic carbocycles. The van der Waals surface area contributed by atoms with E-state index in [2.05, 4.69) is 32.1 Å². The van der Waals surface area contributed by atoms with Gasteiger partial charge in [0.15, 0.2) is 18.3 Å². The first-order valence-corrected chi connectivity index (χ1v) is 9.57. The number of amides is 2. The van der Waals surface area contributed by atoms with Crippen LogP contribution in [0.25, 0.3) is 0 Å². The molecule has 0 bridgehead atoms. The first-order valence-electron chi connectivity index (χ1n) is 7.99. The highest BCUT2D eigenvalue weighted by Gasteiger charge is 2.08. The second kappa shape index (κ2) is 10.8. The number of ether oxygens (including phenoxy) is 2. The molecular weight excluding hydrogens is 470 g/mol. The van der Waals surface area contributed by atoms with Crippen molar-refractivity contribution in [3.05, 3.63) is 57.5 Å². The summed E-state index contributed by atoms with van der Waals surface area (Å²) in [6, 6.07) is 11.9. The molecule has 0 saturated heterocycles. The van der Waals surface area contributed by atoms with Gasteiger partial charge in [0.25, 0.3) is 11.8 Å². The minimum atomic E-state index is -0.479. The molecule has 0 spiro atoms. The van der Waals surface area contributed by atoms with Gasteiger partial charge in [-0.2, -0.15) is 0 Å². The van der Waals surface area contributed by atoms with Crippen molar-refractivity contribution in [2.45, 2.75) is 6.92 Å². The maximum absolute atomic E-state index is 11.8. The van der Waals surface area contributed by atoms with E-state index < -0.39 is 11.8 Å². The largest absolute Gasteiger partial charge is 0.484 e. The fraction of sp³-hybridized carbons (Fsp3) is 0.167. The van der Waals surface area contributed by atoms with Gasteiger partial charge in [-0.3, -0.25) is 25.8 Å². The third-order valence-corrected chi connectivity index (χ3v) is 4.60. The van der Waals surface area contributed by atoms with Crippen LogP contribution in [0.4, 0.5) is 0 Å². The molecule has 0 saturated carbocycles. The van der Waals surface area contributed by atoms with Crippen molar-refractivity contribution in [2.75, 3.05) is 13.2 Å². The number of carbonyl (C=O) groups excluding carboxylic acids is 2. The van der Waals surface area contributed by atoms with E-state index in [-0.39, 0.29) is 18.3 Å². The second-order valence-corrected chi connectivity index (χ2v) is 7.19. The molecule has 0 fully saturated rings. The number of rotatable bonds is 6. The standard InChI is InChI=1S/C18H17BrClN3O4S/c1-11-8-14(6-7-15(11)19)27-9-16(24)21-18(28)23-22-17(25)10-26-13-4-2-12(20)3-5-13/h2-8H,9-10H2,1H3,(H,22,25)(H2,21,23,24,28).